The van der Waals surface area contributed by atoms with Crippen LogP contribution in [0.3, 0.4) is 0 Å². The molecule has 1 heterocycles. The maximum Gasteiger partial charge on any atom is 0.210 e. The van der Waals surface area contributed by atoms with Gasteiger partial charge in [0.05, 0.1) is 11.3 Å². The Morgan fingerprint density at radius 2 is 1.43 bits per heavy atom. The molecule has 1 aromatic heterocycles. The molecule has 1 atom stereocenters. The number of rotatable bonds is 4. The summed E-state index contributed by atoms with van der Waals surface area (Å²) in [5.41, 5.74) is 3.47. The van der Waals surface area contributed by atoms with Crippen LogP contribution in [0.4, 0.5) is 0 Å². The summed E-state index contributed by atoms with van der Waals surface area (Å²) in [6.45, 7) is 1.82. The summed E-state index contributed by atoms with van der Waals surface area (Å²) >= 11 is 1.31. The summed E-state index contributed by atoms with van der Waals surface area (Å²) in [6.07, 6.45) is 0. The molecule has 23 heavy (non-hydrogen) atoms. The van der Waals surface area contributed by atoms with Gasteiger partial charge in [-0.15, -0.1) is 10.2 Å². The number of aromatic nitrogens is 3. The Kier molecular flexibility index (Phi) is 4.65. The second-order valence-corrected chi connectivity index (χ2v) is 6.22. The van der Waals surface area contributed by atoms with Crippen molar-refractivity contribution >= 4 is 11.8 Å². The first-order valence-electron chi connectivity index (χ1n) is 7.20. The van der Waals surface area contributed by atoms with E-state index in [1.807, 2.05) is 67.6 Å². The van der Waals surface area contributed by atoms with Crippen molar-refractivity contribution in [2.75, 3.05) is 0 Å². The van der Waals surface area contributed by atoms with E-state index in [1.54, 1.807) is 0 Å². The van der Waals surface area contributed by atoms with Gasteiger partial charge < -0.3 is 0 Å². The van der Waals surface area contributed by atoms with E-state index in [0.717, 1.165) is 22.5 Å². The zero-order valence-corrected chi connectivity index (χ0v) is 13.4. The predicted molar refractivity (Wildman–Crippen MR) is 91.6 cm³/mol. The van der Waals surface area contributed by atoms with E-state index in [9.17, 15) is 0 Å². The standard InChI is InChI=1S/C18H14N4S/c1-13(12-19)23-18-20-16(14-8-4-2-5-9-14)17(21-22-18)15-10-6-3-7-11-15/h2-11,13H,1H3. The molecule has 0 aliphatic rings. The van der Waals surface area contributed by atoms with Crippen LogP contribution < -0.4 is 0 Å². The van der Waals surface area contributed by atoms with Crippen LogP contribution in [0.2, 0.25) is 0 Å². The van der Waals surface area contributed by atoms with Crippen LogP contribution in [0.5, 0.6) is 0 Å². The molecule has 2 aromatic carbocycles. The van der Waals surface area contributed by atoms with Gasteiger partial charge in [0.15, 0.2) is 0 Å². The van der Waals surface area contributed by atoms with Gasteiger partial charge >= 0.3 is 0 Å². The summed E-state index contributed by atoms with van der Waals surface area (Å²) in [4.78, 5) is 4.65. The Labute approximate surface area is 139 Å². The van der Waals surface area contributed by atoms with Crippen LogP contribution in [0.1, 0.15) is 6.92 Å². The van der Waals surface area contributed by atoms with E-state index in [2.05, 4.69) is 21.3 Å². The van der Waals surface area contributed by atoms with Gasteiger partial charge in [-0.1, -0.05) is 72.4 Å². The molecule has 0 spiro atoms. The molecule has 1 unspecified atom stereocenters. The molecule has 0 saturated heterocycles. The third kappa shape index (κ3) is 3.55. The number of hydrogen-bond donors (Lipinski definition) is 0. The normalized spacial score (nSPS) is 11.7. The molecule has 0 saturated carbocycles. The SMILES string of the molecule is CC(C#N)Sc1nnc(-c2ccccc2)c(-c2ccccc2)n1. The molecule has 0 bridgehead atoms. The lowest BCUT2D eigenvalue weighted by atomic mass is 10.0. The maximum atomic E-state index is 8.97. The molecule has 0 radical (unpaired) electrons. The van der Waals surface area contributed by atoms with Crippen molar-refractivity contribution in [3.63, 3.8) is 0 Å². The Balaban J connectivity index is 2.11. The van der Waals surface area contributed by atoms with Crippen LogP contribution in [0.25, 0.3) is 22.5 Å². The van der Waals surface area contributed by atoms with Crippen molar-refractivity contribution in [2.45, 2.75) is 17.3 Å². The Morgan fingerprint density at radius 3 is 2.00 bits per heavy atom. The molecular formula is C18H14N4S. The van der Waals surface area contributed by atoms with Crippen LogP contribution in [0.15, 0.2) is 65.8 Å². The highest BCUT2D eigenvalue weighted by atomic mass is 32.2. The maximum absolute atomic E-state index is 8.97. The fraction of sp³-hybridized carbons (Fsp3) is 0.111. The largest absolute Gasteiger partial charge is 0.219 e. The minimum Gasteiger partial charge on any atom is -0.219 e. The zero-order chi connectivity index (χ0) is 16.1. The highest BCUT2D eigenvalue weighted by Gasteiger charge is 2.15. The predicted octanol–water partition coefficient (Wildman–Crippen LogP) is 4.21. The lowest BCUT2D eigenvalue weighted by molar-refractivity contribution is 0.848. The van der Waals surface area contributed by atoms with Gasteiger partial charge in [0.25, 0.3) is 0 Å². The second kappa shape index (κ2) is 7.03. The van der Waals surface area contributed by atoms with E-state index >= 15 is 0 Å². The van der Waals surface area contributed by atoms with Gasteiger partial charge in [-0.05, 0) is 6.92 Å². The van der Waals surface area contributed by atoms with Gasteiger partial charge in [0.1, 0.15) is 11.4 Å². The highest BCUT2D eigenvalue weighted by molar-refractivity contribution is 7.99. The molecule has 0 aliphatic carbocycles. The summed E-state index contributed by atoms with van der Waals surface area (Å²) < 4.78 is 0. The van der Waals surface area contributed by atoms with Gasteiger partial charge in [-0.25, -0.2) is 4.98 Å². The van der Waals surface area contributed by atoms with Crippen LogP contribution >= 0.6 is 11.8 Å². The van der Waals surface area contributed by atoms with Gasteiger partial charge in [-0.2, -0.15) is 5.26 Å². The van der Waals surface area contributed by atoms with Crippen LogP contribution in [-0.2, 0) is 0 Å². The zero-order valence-electron chi connectivity index (χ0n) is 12.5. The Bertz CT molecular complexity index is 829. The van der Waals surface area contributed by atoms with E-state index in [0.29, 0.717) is 5.16 Å². The quantitative estimate of drug-likeness (QED) is 0.674. The molecular weight excluding hydrogens is 304 g/mol. The van der Waals surface area contributed by atoms with E-state index in [-0.39, 0.29) is 5.25 Å². The monoisotopic (exact) mass is 318 g/mol. The molecule has 0 aliphatic heterocycles. The molecule has 4 nitrogen and oxygen atoms in total. The van der Waals surface area contributed by atoms with Gasteiger partial charge in [0.2, 0.25) is 5.16 Å². The Morgan fingerprint density at radius 1 is 0.870 bits per heavy atom. The molecule has 0 amide bonds. The Hall–Kier alpha value is -2.71. The van der Waals surface area contributed by atoms with Crippen molar-refractivity contribution in [2.24, 2.45) is 0 Å². The molecule has 3 aromatic rings. The third-order valence-corrected chi connectivity index (χ3v) is 4.07. The molecule has 112 valence electrons. The third-order valence-electron chi connectivity index (χ3n) is 3.23. The first-order chi connectivity index (χ1) is 11.3. The summed E-state index contributed by atoms with van der Waals surface area (Å²) in [7, 11) is 0. The summed E-state index contributed by atoms with van der Waals surface area (Å²) in [6, 6.07) is 21.9. The molecule has 0 fully saturated rings. The van der Waals surface area contributed by atoms with Crippen molar-refractivity contribution in [1.29, 1.82) is 5.26 Å². The highest BCUT2D eigenvalue weighted by Crippen LogP contribution is 2.30. The van der Waals surface area contributed by atoms with Gasteiger partial charge in [-0.3, -0.25) is 0 Å². The number of nitriles is 1. The summed E-state index contributed by atoms with van der Waals surface area (Å²) in [5, 5.41) is 17.8. The number of hydrogen-bond acceptors (Lipinski definition) is 5. The minimum absolute atomic E-state index is 0.219. The average molecular weight is 318 g/mol. The van der Waals surface area contributed by atoms with E-state index in [4.69, 9.17) is 5.26 Å². The molecule has 0 N–H and O–H groups in total. The van der Waals surface area contributed by atoms with Crippen LogP contribution in [-0.4, -0.2) is 20.4 Å². The second-order valence-electron chi connectivity index (χ2n) is 4.91. The number of nitrogens with zero attached hydrogens (tertiary/aromatic N) is 4. The van der Waals surface area contributed by atoms with Crippen molar-refractivity contribution in [1.82, 2.24) is 15.2 Å². The van der Waals surface area contributed by atoms with Crippen molar-refractivity contribution in [3.05, 3.63) is 60.7 Å². The minimum atomic E-state index is -0.219. The number of thioether (sulfide) groups is 1. The van der Waals surface area contributed by atoms with Crippen LogP contribution in [0, 0.1) is 11.3 Å². The number of benzene rings is 2. The molecule has 5 heteroatoms. The van der Waals surface area contributed by atoms with E-state index < -0.39 is 0 Å². The van der Waals surface area contributed by atoms with Crippen molar-refractivity contribution in [3.8, 4) is 28.6 Å². The lowest BCUT2D eigenvalue weighted by Crippen LogP contribution is -2.01. The lowest BCUT2D eigenvalue weighted by Gasteiger charge is -2.09. The average Bonchev–Trinajstić information content (AvgIpc) is 2.63. The van der Waals surface area contributed by atoms with Gasteiger partial charge in [0, 0.05) is 11.1 Å². The first-order valence-corrected chi connectivity index (χ1v) is 8.07. The fourth-order valence-corrected chi connectivity index (χ4v) is 2.73. The first kappa shape index (κ1) is 15.2. The fourth-order valence-electron chi connectivity index (χ4n) is 2.13. The van der Waals surface area contributed by atoms with Crippen molar-refractivity contribution < 1.29 is 0 Å². The topological polar surface area (TPSA) is 62.5 Å². The smallest absolute Gasteiger partial charge is 0.210 e. The molecule has 3 rings (SSSR count). The summed E-state index contributed by atoms with van der Waals surface area (Å²) in [5.74, 6) is 0. The van der Waals surface area contributed by atoms with E-state index in [1.165, 1.54) is 11.8 Å².